The number of piperidine rings is 1. The summed E-state index contributed by atoms with van der Waals surface area (Å²) in [4.78, 5) is 14.6. The van der Waals surface area contributed by atoms with Gasteiger partial charge in [0.25, 0.3) is 5.91 Å². The van der Waals surface area contributed by atoms with Gasteiger partial charge in [-0.2, -0.15) is 0 Å². The van der Waals surface area contributed by atoms with E-state index in [1.54, 1.807) is 7.11 Å². The molecule has 4 nitrogen and oxygen atoms in total. The van der Waals surface area contributed by atoms with Gasteiger partial charge in [0.05, 0.1) is 6.10 Å². The molecule has 20 heavy (non-hydrogen) atoms. The minimum absolute atomic E-state index is 0.109. The van der Waals surface area contributed by atoms with Crippen LogP contribution in [0.15, 0.2) is 16.7 Å². The second kappa shape index (κ2) is 6.76. The molecule has 5 heteroatoms. The summed E-state index contributed by atoms with van der Waals surface area (Å²) in [5, 5.41) is 0. The number of aryl methyl sites for hydroxylation is 1. The summed E-state index contributed by atoms with van der Waals surface area (Å²) in [6, 6.07) is 1.91. The second-order valence-corrected chi connectivity index (χ2v) is 6.44. The number of halogens is 1. The Morgan fingerprint density at radius 3 is 2.95 bits per heavy atom. The highest BCUT2D eigenvalue weighted by atomic mass is 79.9. The smallest absolute Gasteiger partial charge is 0.270 e. The Labute approximate surface area is 129 Å². The molecule has 1 aliphatic heterocycles. The molecule has 1 aromatic rings. The molecule has 0 spiro atoms. The molecular weight excluding hydrogens is 320 g/mol. The number of ether oxygens (including phenoxy) is 1. The van der Waals surface area contributed by atoms with E-state index in [2.05, 4.69) is 29.8 Å². The van der Waals surface area contributed by atoms with E-state index in [0.29, 0.717) is 12.5 Å². The molecule has 2 unspecified atom stereocenters. The molecule has 1 saturated heterocycles. The van der Waals surface area contributed by atoms with Crippen molar-refractivity contribution >= 4 is 21.8 Å². The number of rotatable bonds is 4. The molecule has 0 aromatic carbocycles. The normalized spacial score (nSPS) is 23.1. The number of methoxy groups -OCH3 is 1. The third-order valence-corrected chi connectivity index (χ3v) is 4.46. The number of likely N-dealkylation sites (tertiary alicyclic amines) is 1. The second-order valence-electron chi connectivity index (χ2n) is 5.53. The molecule has 2 rings (SSSR count). The lowest BCUT2D eigenvalue weighted by Gasteiger charge is -2.36. The van der Waals surface area contributed by atoms with Gasteiger partial charge in [0, 0.05) is 37.4 Å². The van der Waals surface area contributed by atoms with Crippen LogP contribution in [-0.4, -0.2) is 41.7 Å². The zero-order chi connectivity index (χ0) is 14.7. The fourth-order valence-electron chi connectivity index (χ4n) is 2.77. The van der Waals surface area contributed by atoms with Crippen LogP contribution in [0, 0.1) is 5.92 Å². The highest BCUT2D eigenvalue weighted by Crippen LogP contribution is 2.23. The molecule has 0 saturated carbocycles. The Morgan fingerprint density at radius 2 is 2.30 bits per heavy atom. The van der Waals surface area contributed by atoms with E-state index in [0.717, 1.165) is 36.1 Å². The van der Waals surface area contributed by atoms with E-state index >= 15 is 0 Å². The van der Waals surface area contributed by atoms with Crippen molar-refractivity contribution in [1.82, 2.24) is 9.47 Å². The average Bonchev–Trinajstić information content (AvgIpc) is 2.80. The zero-order valence-electron chi connectivity index (χ0n) is 12.4. The van der Waals surface area contributed by atoms with Crippen molar-refractivity contribution in [3.05, 3.63) is 22.4 Å². The summed E-state index contributed by atoms with van der Waals surface area (Å²) in [6.07, 6.45) is 4.14. The Balaban J connectivity index is 2.15. The standard InChI is InChI=1S/C15H23BrN2O2/c1-4-6-17-9-12(16)8-13(17)15(19)18-7-5-11(2)14(10-18)20-3/h8-9,11,14H,4-7,10H2,1-3H3. The SMILES string of the molecule is CCCn1cc(Br)cc1C(=O)N1CCC(C)C(OC)C1. The topological polar surface area (TPSA) is 34.5 Å². The van der Waals surface area contributed by atoms with Gasteiger partial charge in [0.15, 0.2) is 0 Å². The fourth-order valence-corrected chi connectivity index (χ4v) is 3.23. The molecule has 0 radical (unpaired) electrons. The summed E-state index contributed by atoms with van der Waals surface area (Å²) in [5.41, 5.74) is 0.767. The molecule has 1 aromatic heterocycles. The van der Waals surface area contributed by atoms with E-state index in [1.165, 1.54) is 0 Å². The first kappa shape index (κ1) is 15.6. The zero-order valence-corrected chi connectivity index (χ0v) is 14.0. The van der Waals surface area contributed by atoms with Gasteiger partial charge in [-0.15, -0.1) is 0 Å². The van der Waals surface area contributed by atoms with Crippen molar-refractivity contribution in [2.24, 2.45) is 5.92 Å². The van der Waals surface area contributed by atoms with Crippen molar-refractivity contribution in [3.8, 4) is 0 Å². The number of hydrogen-bond donors (Lipinski definition) is 0. The van der Waals surface area contributed by atoms with Crippen LogP contribution in [0.1, 0.15) is 37.2 Å². The van der Waals surface area contributed by atoms with Crippen molar-refractivity contribution in [1.29, 1.82) is 0 Å². The number of carbonyl (C=O) groups excluding carboxylic acids is 1. The van der Waals surface area contributed by atoms with E-state index in [-0.39, 0.29) is 12.0 Å². The quantitative estimate of drug-likeness (QED) is 0.842. The van der Waals surface area contributed by atoms with E-state index in [1.807, 2.05) is 21.7 Å². The molecule has 112 valence electrons. The molecular formula is C15H23BrN2O2. The molecule has 2 atom stereocenters. The van der Waals surface area contributed by atoms with Crippen LogP contribution in [0.4, 0.5) is 0 Å². The van der Waals surface area contributed by atoms with Crippen molar-refractivity contribution in [3.63, 3.8) is 0 Å². The molecule has 0 bridgehead atoms. The van der Waals surface area contributed by atoms with Gasteiger partial charge in [-0.25, -0.2) is 0 Å². The third-order valence-electron chi connectivity index (χ3n) is 4.03. The maximum absolute atomic E-state index is 12.7. The summed E-state index contributed by atoms with van der Waals surface area (Å²) in [5.74, 6) is 0.622. The van der Waals surface area contributed by atoms with Crippen LogP contribution in [0.3, 0.4) is 0 Å². The van der Waals surface area contributed by atoms with Gasteiger partial charge >= 0.3 is 0 Å². The van der Waals surface area contributed by atoms with Gasteiger partial charge in [-0.1, -0.05) is 13.8 Å². The van der Waals surface area contributed by atoms with E-state index < -0.39 is 0 Å². The first-order chi connectivity index (χ1) is 9.56. The lowest BCUT2D eigenvalue weighted by Crippen LogP contribution is -2.47. The number of aromatic nitrogens is 1. The number of hydrogen-bond acceptors (Lipinski definition) is 2. The van der Waals surface area contributed by atoms with E-state index in [4.69, 9.17) is 4.74 Å². The number of amides is 1. The van der Waals surface area contributed by atoms with Crippen molar-refractivity contribution in [2.45, 2.75) is 39.3 Å². The molecule has 1 aliphatic rings. The summed E-state index contributed by atoms with van der Waals surface area (Å²) >= 11 is 3.46. The Bertz CT molecular complexity index is 472. The summed E-state index contributed by atoms with van der Waals surface area (Å²) < 4.78 is 8.49. The first-order valence-electron chi connectivity index (χ1n) is 7.24. The minimum atomic E-state index is 0.109. The first-order valence-corrected chi connectivity index (χ1v) is 8.03. The predicted molar refractivity (Wildman–Crippen MR) is 82.9 cm³/mol. The maximum Gasteiger partial charge on any atom is 0.270 e. The Kier molecular flexibility index (Phi) is 5.27. The average molecular weight is 343 g/mol. The number of carbonyl (C=O) groups is 1. The van der Waals surface area contributed by atoms with Crippen molar-refractivity contribution in [2.75, 3.05) is 20.2 Å². The van der Waals surface area contributed by atoms with Gasteiger partial charge < -0.3 is 14.2 Å². The molecule has 0 aliphatic carbocycles. The van der Waals surface area contributed by atoms with Crippen LogP contribution < -0.4 is 0 Å². The fraction of sp³-hybridized carbons (Fsp3) is 0.667. The van der Waals surface area contributed by atoms with E-state index in [9.17, 15) is 4.79 Å². The monoisotopic (exact) mass is 342 g/mol. The minimum Gasteiger partial charge on any atom is -0.379 e. The highest BCUT2D eigenvalue weighted by molar-refractivity contribution is 9.10. The van der Waals surface area contributed by atoms with Gasteiger partial charge in [0.1, 0.15) is 5.69 Å². The maximum atomic E-state index is 12.7. The molecule has 0 N–H and O–H groups in total. The van der Waals surface area contributed by atoms with Gasteiger partial charge in [0.2, 0.25) is 0 Å². The Hall–Kier alpha value is -0.810. The number of nitrogens with zero attached hydrogens (tertiary/aromatic N) is 2. The van der Waals surface area contributed by atoms with Crippen LogP contribution in [0.2, 0.25) is 0 Å². The lowest BCUT2D eigenvalue weighted by molar-refractivity contribution is -0.00194. The molecule has 1 amide bonds. The molecule has 1 fully saturated rings. The van der Waals surface area contributed by atoms with Gasteiger partial charge in [-0.05, 0) is 40.8 Å². The van der Waals surface area contributed by atoms with Crippen LogP contribution in [0.5, 0.6) is 0 Å². The predicted octanol–water partition coefficient (Wildman–Crippen LogP) is 3.16. The van der Waals surface area contributed by atoms with Gasteiger partial charge in [-0.3, -0.25) is 4.79 Å². The lowest BCUT2D eigenvalue weighted by atomic mass is 9.95. The largest absolute Gasteiger partial charge is 0.379 e. The van der Waals surface area contributed by atoms with Crippen molar-refractivity contribution < 1.29 is 9.53 Å². The highest BCUT2D eigenvalue weighted by Gasteiger charge is 2.30. The summed E-state index contributed by atoms with van der Waals surface area (Å²) in [6.45, 7) is 6.67. The van der Waals surface area contributed by atoms with Crippen LogP contribution in [0.25, 0.3) is 0 Å². The third kappa shape index (κ3) is 3.26. The molecule has 2 heterocycles. The summed E-state index contributed by atoms with van der Waals surface area (Å²) in [7, 11) is 1.73. The van der Waals surface area contributed by atoms with Crippen LogP contribution >= 0.6 is 15.9 Å². The Morgan fingerprint density at radius 1 is 1.55 bits per heavy atom. The van der Waals surface area contributed by atoms with Crippen LogP contribution in [-0.2, 0) is 11.3 Å².